The fourth-order valence-corrected chi connectivity index (χ4v) is 3.67. The maximum atomic E-state index is 13.4. The van der Waals surface area contributed by atoms with Crippen molar-refractivity contribution in [2.24, 2.45) is 23.0 Å². The predicted octanol–water partition coefficient (Wildman–Crippen LogP) is 1.75. The van der Waals surface area contributed by atoms with Gasteiger partial charge in [0.1, 0.15) is 6.04 Å². The Labute approximate surface area is 162 Å². The minimum absolute atomic E-state index is 0.000658. The number of hydrogen-bond acceptors (Lipinski definition) is 4. The van der Waals surface area contributed by atoms with Gasteiger partial charge < -0.3 is 21.1 Å². The zero-order valence-electron chi connectivity index (χ0n) is 17.0. The van der Waals surface area contributed by atoms with Crippen molar-refractivity contribution in [1.29, 1.82) is 0 Å². The van der Waals surface area contributed by atoms with Crippen LogP contribution in [0.1, 0.15) is 66.2 Å². The molecule has 0 aromatic rings. The Morgan fingerprint density at radius 1 is 1.15 bits per heavy atom. The Morgan fingerprint density at radius 3 is 2.04 bits per heavy atom. The molecule has 0 saturated heterocycles. The van der Waals surface area contributed by atoms with E-state index in [9.17, 15) is 19.5 Å². The first-order chi connectivity index (χ1) is 12.5. The quantitative estimate of drug-likeness (QED) is 0.505. The van der Waals surface area contributed by atoms with Crippen LogP contribution in [0.25, 0.3) is 0 Å². The van der Waals surface area contributed by atoms with Crippen LogP contribution in [0.5, 0.6) is 0 Å². The number of carboxylic acid groups (broad SMARTS) is 1. The maximum absolute atomic E-state index is 13.4. The van der Waals surface area contributed by atoms with Gasteiger partial charge in [-0.25, -0.2) is 0 Å². The van der Waals surface area contributed by atoms with E-state index in [1.807, 2.05) is 0 Å². The highest BCUT2D eigenvalue weighted by molar-refractivity contribution is 5.91. The molecule has 2 fully saturated rings. The van der Waals surface area contributed by atoms with Crippen LogP contribution >= 0.6 is 0 Å². The molecule has 0 aromatic heterocycles. The van der Waals surface area contributed by atoms with Crippen molar-refractivity contribution in [3.05, 3.63) is 0 Å². The molecule has 2 atom stereocenters. The zero-order valence-corrected chi connectivity index (χ0v) is 17.0. The fraction of sp³-hybridized carbons (Fsp3) is 0.850. The van der Waals surface area contributed by atoms with Crippen LogP contribution in [0.15, 0.2) is 0 Å². The van der Waals surface area contributed by atoms with Crippen LogP contribution in [-0.2, 0) is 14.4 Å². The summed E-state index contributed by atoms with van der Waals surface area (Å²) in [6.45, 7) is 8.50. The minimum Gasteiger partial charge on any atom is -0.481 e. The lowest BCUT2D eigenvalue weighted by Crippen LogP contribution is -2.58. The number of primary amides is 1. The van der Waals surface area contributed by atoms with Crippen molar-refractivity contribution in [1.82, 2.24) is 10.2 Å². The van der Waals surface area contributed by atoms with E-state index >= 15 is 0 Å². The number of amides is 2. The molecule has 2 aliphatic rings. The first kappa shape index (κ1) is 21.7. The highest BCUT2D eigenvalue weighted by atomic mass is 16.4. The molecule has 2 amide bonds. The van der Waals surface area contributed by atoms with Gasteiger partial charge in [0.2, 0.25) is 11.8 Å². The molecule has 154 valence electrons. The molecule has 0 heterocycles. The summed E-state index contributed by atoms with van der Waals surface area (Å²) in [7, 11) is 0. The normalized spacial score (nSPS) is 19.6. The summed E-state index contributed by atoms with van der Waals surface area (Å²) in [6, 6.07) is -1.57. The first-order valence-corrected chi connectivity index (χ1v) is 10.1. The molecule has 0 unspecified atom stereocenters. The number of carbonyl (C=O) groups is 3. The average Bonchev–Trinajstić information content (AvgIpc) is 3.42. The SMILES string of the molecule is C[C@H](C(N)=O)N(C(=O)[C@H](CC(=O)O)NCCC(C)(C)C)C(C1CC1)C1CC1. The van der Waals surface area contributed by atoms with Crippen LogP contribution < -0.4 is 11.1 Å². The third-order valence-electron chi connectivity index (χ3n) is 5.56. The number of nitrogens with zero attached hydrogens (tertiary/aromatic N) is 1. The van der Waals surface area contributed by atoms with Crippen LogP contribution in [0.3, 0.4) is 0 Å². The van der Waals surface area contributed by atoms with Crippen molar-refractivity contribution in [3.63, 3.8) is 0 Å². The molecule has 0 aliphatic heterocycles. The van der Waals surface area contributed by atoms with E-state index in [1.165, 1.54) is 0 Å². The molecular formula is C20H35N3O4. The molecule has 0 aromatic carbocycles. The van der Waals surface area contributed by atoms with Gasteiger partial charge in [-0.3, -0.25) is 14.4 Å². The molecule has 2 rings (SSSR count). The number of rotatable bonds is 11. The number of nitrogens with one attached hydrogen (secondary N) is 1. The molecule has 2 aliphatic carbocycles. The highest BCUT2D eigenvalue weighted by Gasteiger charge is 2.49. The third-order valence-corrected chi connectivity index (χ3v) is 5.56. The molecule has 7 nitrogen and oxygen atoms in total. The molecule has 0 spiro atoms. The van der Waals surface area contributed by atoms with Gasteiger partial charge in [0.05, 0.1) is 12.5 Å². The predicted molar refractivity (Wildman–Crippen MR) is 103 cm³/mol. The Bertz CT molecular complexity index is 552. The number of hydrogen-bond donors (Lipinski definition) is 3. The summed E-state index contributed by atoms with van der Waals surface area (Å²) in [5, 5.41) is 12.4. The van der Waals surface area contributed by atoms with Gasteiger partial charge in [0.15, 0.2) is 0 Å². The molecular weight excluding hydrogens is 346 g/mol. The monoisotopic (exact) mass is 381 g/mol. The van der Waals surface area contributed by atoms with E-state index in [4.69, 9.17) is 5.73 Å². The molecule has 2 saturated carbocycles. The van der Waals surface area contributed by atoms with E-state index in [0.717, 1.165) is 32.1 Å². The lowest BCUT2D eigenvalue weighted by atomic mass is 9.92. The van der Waals surface area contributed by atoms with E-state index in [-0.39, 0.29) is 23.8 Å². The van der Waals surface area contributed by atoms with Crippen LogP contribution in [0.2, 0.25) is 0 Å². The smallest absolute Gasteiger partial charge is 0.305 e. The van der Waals surface area contributed by atoms with Crippen molar-refractivity contribution in [2.45, 2.75) is 84.3 Å². The van der Waals surface area contributed by atoms with Crippen LogP contribution in [-0.4, -0.2) is 52.5 Å². The fourth-order valence-electron chi connectivity index (χ4n) is 3.67. The lowest BCUT2D eigenvalue weighted by molar-refractivity contribution is -0.148. The molecule has 4 N–H and O–H groups in total. The van der Waals surface area contributed by atoms with Crippen molar-refractivity contribution in [3.8, 4) is 0 Å². The van der Waals surface area contributed by atoms with Gasteiger partial charge in [0, 0.05) is 6.04 Å². The Morgan fingerprint density at radius 2 is 1.67 bits per heavy atom. The summed E-state index contributed by atoms with van der Waals surface area (Å²) in [5.41, 5.74) is 5.62. The van der Waals surface area contributed by atoms with E-state index in [0.29, 0.717) is 18.4 Å². The van der Waals surface area contributed by atoms with E-state index in [2.05, 4.69) is 26.1 Å². The number of carboxylic acids is 1. The summed E-state index contributed by atoms with van der Waals surface area (Å²) in [5.74, 6) is -1.07. The van der Waals surface area contributed by atoms with Gasteiger partial charge in [-0.1, -0.05) is 20.8 Å². The third kappa shape index (κ3) is 6.48. The molecule has 0 bridgehead atoms. The second-order valence-electron chi connectivity index (χ2n) is 9.40. The van der Waals surface area contributed by atoms with Crippen LogP contribution in [0.4, 0.5) is 0 Å². The lowest BCUT2D eigenvalue weighted by Gasteiger charge is -2.38. The average molecular weight is 382 g/mol. The topological polar surface area (TPSA) is 113 Å². The second kappa shape index (κ2) is 8.59. The number of nitrogens with two attached hydrogens (primary N) is 1. The number of carbonyl (C=O) groups excluding carboxylic acids is 2. The highest BCUT2D eigenvalue weighted by Crippen LogP contribution is 2.48. The van der Waals surface area contributed by atoms with Gasteiger partial charge in [-0.2, -0.15) is 0 Å². The van der Waals surface area contributed by atoms with Gasteiger partial charge in [-0.15, -0.1) is 0 Å². The van der Waals surface area contributed by atoms with Gasteiger partial charge >= 0.3 is 5.97 Å². The standard InChI is InChI=1S/C20H35N3O4/c1-12(18(21)26)23(17(13-5-6-13)14-7-8-14)19(27)15(11-16(24)25)22-10-9-20(2,3)4/h12-15,17,22H,5-11H2,1-4H3,(H2,21,26)(H,24,25)/t12-,15+/m1/s1. The maximum Gasteiger partial charge on any atom is 0.305 e. The van der Waals surface area contributed by atoms with E-state index in [1.54, 1.807) is 11.8 Å². The van der Waals surface area contributed by atoms with Gasteiger partial charge in [-0.05, 0) is 62.8 Å². The molecule has 0 radical (unpaired) electrons. The summed E-state index contributed by atoms with van der Waals surface area (Å²) in [4.78, 5) is 38.3. The molecule has 7 heteroatoms. The zero-order chi connectivity index (χ0) is 20.4. The summed E-state index contributed by atoms with van der Waals surface area (Å²) in [6.07, 6.45) is 4.73. The van der Waals surface area contributed by atoms with Gasteiger partial charge in [0.25, 0.3) is 0 Å². The van der Waals surface area contributed by atoms with Crippen molar-refractivity contribution >= 4 is 17.8 Å². The largest absolute Gasteiger partial charge is 0.481 e. The molecule has 27 heavy (non-hydrogen) atoms. The second-order valence-corrected chi connectivity index (χ2v) is 9.40. The first-order valence-electron chi connectivity index (χ1n) is 10.1. The Hall–Kier alpha value is -1.63. The van der Waals surface area contributed by atoms with Crippen molar-refractivity contribution in [2.75, 3.05) is 6.54 Å². The van der Waals surface area contributed by atoms with Crippen LogP contribution in [0, 0.1) is 17.3 Å². The minimum atomic E-state index is -1.03. The summed E-state index contributed by atoms with van der Waals surface area (Å²) < 4.78 is 0. The Kier molecular flexibility index (Phi) is 6.89. The number of aliphatic carboxylic acids is 1. The van der Waals surface area contributed by atoms with E-state index < -0.39 is 24.0 Å². The summed E-state index contributed by atoms with van der Waals surface area (Å²) >= 11 is 0. The Balaban J connectivity index is 2.19. The van der Waals surface area contributed by atoms with Crippen molar-refractivity contribution < 1.29 is 19.5 Å².